The van der Waals surface area contributed by atoms with Gasteiger partial charge in [0, 0.05) is 10.9 Å². The molecular weight excluding hydrogens is 210 g/mol. The number of amides is 1. The number of carbonyl (C=O) groups excluding carboxylic acids is 1. The SMILES string of the molecule is CS[C@@H](C)COC(=O)Nc1ccccc1. The summed E-state index contributed by atoms with van der Waals surface area (Å²) in [6.45, 7) is 2.44. The fraction of sp³-hybridized carbons (Fsp3) is 0.364. The zero-order valence-corrected chi connectivity index (χ0v) is 9.71. The first kappa shape index (κ1) is 11.9. The van der Waals surface area contributed by atoms with Crippen molar-refractivity contribution >= 4 is 23.5 Å². The Labute approximate surface area is 94.2 Å². The van der Waals surface area contributed by atoms with Crippen LogP contribution in [0.5, 0.6) is 0 Å². The molecule has 0 unspecified atom stereocenters. The number of hydrogen-bond acceptors (Lipinski definition) is 3. The molecule has 0 saturated heterocycles. The lowest BCUT2D eigenvalue weighted by Crippen LogP contribution is -2.18. The van der Waals surface area contributed by atoms with Crippen molar-refractivity contribution in [1.82, 2.24) is 0 Å². The number of anilines is 1. The number of hydrogen-bond donors (Lipinski definition) is 1. The Morgan fingerprint density at radius 3 is 2.73 bits per heavy atom. The van der Waals surface area contributed by atoms with Crippen molar-refractivity contribution in [3.63, 3.8) is 0 Å². The van der Waals surface area contributed by atoms with E-state index in [1.54, 1.807) is 11.8 Å². The Morgan fingerprint density at radius 2 is 2.13 bits per heavy atom. The van der Waals surface area contributed by atoms with E-state index >= 15 is 0 Å². The molecule has 0 aliphatic heterocycles. The summed E-state index contributed by atoms with van der Waals surface area (Å²) in [7, 11) is 0. The van der Waals surface area contributed by atoms with Gasteiger partial charge in [-0.25, -0.2) is 4.79 Å². The first-order valence-electron chi connectivity index (χ1n) is 4.74. The fourth-order valence-electron chi connectivity index (χ4n) is 0.937. The number of rotatable bonds is 4. The Kier molecular flexibility index (Phi) is 5.04. The summed E-state index contributed by atoms with van der Waals surface area (Å²) in [5, 5.41) is 2.98. The van der Waals surface area contributed by atoms with Gasteiger partial charge >= 0.3 is 6.09 Å². The smallest absolute Gasteiger partial charge is 0.411 e. The minimum Gasteiger partial charge on any atom is -0.448 e. The molecule has 1 amide bonds. The third-order valence-electron chi connectivity index (χ3n) is 1.87. The van der Waals surface area contributed by atoms with Crippen LogP contribution in [0.3, 0.4) is 0 Å². The highest BCUT2D eigenvalue weighted by atomic mass is 32.2. The molecule has 0 fully saturated rings. The van der Waals surface area contributed by atoms with Crippen LogP contribution in [0.2, 0.25) is 0 Å². The molecular formula is C11H15NO2S. The Morgan fingerprint density at radius 1 is 1.47 bits per heavy atom. The van der Waals surface area contributed by atoms with Gasteiger partial charge in [-0.1, -0.05) is 25.1 Å². The lowest BCUT2D eigenvalue weighted by Gasteiger charge is -2.10. The molecule has 15 heavy (non-hydrogen) atoms. The second-order valence-electron chi connectivity index (χ2n) is 3.14. The van der Waals surface area contributed by atoms with Crippen molar-refractivity contribution in [2.45, 2.75) is 12.2 Å². The summed E-state index contributed by atoms with van der Waals surface area (Å²) in [4.78, 5) is 11.3. The molecule has 1 atom stereocenters. The van der Waals surface area contributed by atoms with Gasteiger partial charge in [0.1, 0.15) is 6.61 Å². The normalized spacial score (nSPS) is 11.9. The average molecular weight is 225 g/mol. The first-order valence-corrected chi connectivity index (χ1v) is 6.03. The first-order chi connectivity index (χ1) is 7.22. The fourth-order valence-corrected chi connectivity index (χ4v) is 1.14. The minimum absolute atomic E-state index is 0.325. The molecule has 0 aliphatic rings. The van der Waals surface area contributed by atoms with Crippen molar-refractivity contribution < 1.29 is 9.53 Å². The molecule has 0 aromatic heterocycles. The molecule has 82 valence electrons. The maximum atomic E-state index is 11.3. The van der Waals surface area contributed by atoms with Crippen molar-refractivity contribution in [3.8, 4) is 0 Å². The van der Waals surface area contributed by atoms with Crippen molar-refractivity contribution in [3.05, 3.63) is 30.3 Å². The molecule has 1 N–H and O–H groups in total. The highest BCUT2D eigenvalue weighted by Gasteiger charge is 2.05. The van der Waals surface area contributed by atoms with E-state index in [0.29, 0.717) is 11.9 Å². The highest BCUT2D eigenvalue weighted by molar-refractivity contribution is 7.99. The molecule has 0 spiro atoms. The number of para-hydroxylation sites is 1. The number of carbonyl (C=O) groups is 1. The Bertz CT molecular complexity index is 303. The van der Waals surface area contributed by atoms with Gasteiger partial charge in [-0.05, 0) is 18.4 Å². The van der Waals surface area contributed by atoms with Crippen LogP contribution < -0.4 is 5.32 Å². The van der Waals surface area contributed by atoms with E-state index in [1.807, 2.05) is 43.5 Å². The van der Waals surface area contributed by atoms with Crippen molar-refractivity contribution in [2.75, 3.05) is 18.2 Å². The summed E-state index contributed by atoms with van der Waals surface area (Å²) in [6.07, 6.45) is 1.59. The summed E-state index contributed by atoms with van der Waals surface area (Å²) < 4.78 is 5.03. The van der Waals surface area contributed by atoms with Crippen LogP contribution >= 0.6 is 11.8 Å². The Hall–Kier alpha value is -1.16. The summed E-state index contributed by atoms with van der Waals surface area (Å²) in [6, 6.07) is 9.26. The Balaban J connectivity index is 2.31. The van der Waals surface area contributed by atoms with Gasteiger partial charge in [-0.15, -0.1) is 0 Å². The van der Waals surface area contributed by atoms with Gasteiger partial charge in [0.05, 0.1) is 0 Å². The second-order valence-corrected chi connectivity index (χ2v) is 4.41. The van der Waals surface area contributed by atoms with Crippen LogP contribution in [0.4, 0.5) is 10.5 Å². The zero-order chi connectivity index (χ0) is 11.1. The highest BCUT2D eigenvalue weighted by Crippen LogP contribution is 2.08. The summed E-state index contributed by atoms with van der Waals surface area (Å²) in [5.41, 5.74) is 0.749. The van der Waals surface area contributed by atoms with E-state index in [2.05, 4.69) is 5.32 Å². The lowest BCUT2D eigenvalue weighted by atomic mass is 10.3. The third kappa shape index (κ3) is 4.74. The predicted octanol–water partition coefficient (Wildman–Crippen LogP) is 2.99. The third-order valence-corrected chi connectivity index (χ3v) is 2.81. The lowest BCUT2D eigenvalue weighted by molar-refractivity contribution is 0.163. The largest absolute Gasteiger partial charge is 0.448 e. The monoisotopic (exact) mass is 225 g/mol. The topological polar surface area (TPSA) is 38.3 Å². The van der Waals surface area contributed by atoms with Gasteiger partial charge < -0.3 is 4.74 Å². The van der Waals surface area contributed by atoms with Crippen LogP contribution in [0.15, 0.2) is 30.3 Å². The number of nitrogens with one attached hydrogen (secondary N) is 1. The number of benzene rings is 1. The number of thioether (sulfide) groups is 1. The zero-order valence-electron chi connectivity index (χ0n) is 8.90. The predicted molar refractivity (Wildman–Crippen MR) is 64.4 cm³/mol. The quantitative estimate of drug-likeness (QED) is 0.856. The summed E-state index contributed by atoms with van der Waals surface area (Å²) >= 11 is 1.67. The molecule has 0 heterocycles. The van der Waals surface area contributed by atoms with Gasteiger partial charge in [0.15, 0.2) is 0 Å². The van der Waals surface area contributed by atoms with Gasteiger partial charge in [-0.3, -0.25) is 5.32 Å². The van der Waals surface area contributed by atoms with E-state index < -0.39 is 6.09 Å². The van der Waals surface area contributed by atoms with Crippen LogP contribution in [0.1, 0.15) is 6.92 Å². The molecule has 0 saturated carbocycles. The minimum atomic E-state index is -0.401. The van der Waals surface area contributed by atoms with Crippen LogP contribution in [-0.4, -0.2) is 24.2 Å². The second kappa shape index (κ2) is 6.35. The van der Waals surface area contributed by atoms with E-state index in [1.165, 1.54) is 0 Å². The standard InChI is InChI=1S/C11H15NO2S/c1-9(15-2)8-14-11(13)12-10-6-4-3-5-7-10/h3-7,9H,8H2,1-2H3,(H,12,13)/t9-/m0/s1. The average Bonchev–Trinajstić information content (AvgIpc) is 2.27. The molecule has 0 bridgehead atoms. The van der Waals surface area contributed by atoms with Crippen LogP contribution in [0.25, 0.3) is 0 Å². The van der Waals surface area contributed by atoms with Crippen LogP contribution in [-0.2, 0) is 4.74 Å². The maximum Gasteiger partial charge on any atom is 0.411 e. The van der Waals surface area contributed by atoms with E-state index in [-0.39, 0.29) is 0 Å². The van der Waals surface area contributed by atoms with E-state index in [9.17, 15) is 4.79 Å². The van der Waals surface area contributed by atoms with E-state index in [0.717, 1.165) is 5.69 Å². The van der Waals surface area contributed by atoms with Gasteiger partial charge in [-0.2, -0.15) is 11.8 Å². The van der Waals surface area contributed by atoms with Gasteiger partial charge in [0.2, 0.25) is 0 Å². The number of ether oxygens (including phenoxy) is 1. The van der Waals surface area contributed by atoms with E-state index in [4.69, 9.17) is 4.74 Å². The molecule has 0 radical (unpaired) electrons. The van der Waals surface area contributed by atoms with Gasteiger partial charge in [0.25, 0.3) is 0 Å². The summed E-state index contributed by atoms with van der Waals surface area (Å²) in [5.74, 6) is 0. The molecule has 1 aromatic rings. The molecule has 3 nitrogen and oxygen atoms in total. The van der Waals surface area contributed by atoms with Crippen molar-refractivity contribution in [2.24, 2.45) is 0 Å². The van der Waals surface area contributed by atoms with Crippen LogP contribution in [0, 0.1) is 0 Å². The molecule has 0 aliphatic carbocycles. The molecule has 4 heteroatoms. The van der Waals surface area contributed by atoms with Crippen molar-refractivity contribution in [1.29, 1.82) is 0 Å². The molecule has 1 rings (SSSR count). The molecule has 1 aromatic carbocycles. The maximum absolute atomic E-state index is 11.3.